The molecular formula is C11H20N4O2. The van der Waals surface area contributed by atoms with Crippen LogP contribution in [0.5, 0.6) is 0 Å². The van der Waals surface area contributed by atoms with Gasteiger partial charge in [0.05, 0.1) is 17.1 Å². The number of hydrogen-bond acceptors (Lipinski definition) is 4. The van der Waals surface area contributed by atoms with Crippen molar-refractivity contribution < 1.29 is 9.53 Å². The summed E-state index contributed by atoms with van der Waals surface area (Å²) in [7, 11) is 1.64. The van der Waals surface area contributed by atoms with Gasteiger partial charge in [0.15, 0.2) is 0 Å². The van der Waals surface area contributed by atoms with Gasteiger partial charge in [0.25, 0.3) is 0 Å². The van der Waals surface area contributed by atoms with Gasteiger partial charge in [-0.15, -0.1) is 0 Å². The highest BCUT2D eigenvalue weighted by Gasteiger charge is 2.10. The van der Waals surface area contributed by atoms with E-state index in [1.807, 2.05) is 13.8 Å². The Bertz CT molecular complexity index is 387. The number of aromatic nitrogens is 2. The highest BCUT2D eigenvalue weighted by molar-refractivity contribution is 5.75. The van der Waals surface area contributed by atoms with Crippen LogP contribution in [0.2, 0.25) is 0 Å². The third kappa shape index (κ3) is 3.74. The van der Waals surface area contributed by atoms with Crippen molar-refractivity contribution in [3.05, 3.63) is 11.4 Å². The maximum absolute atomic E-state index is 11.6. The Kier molecular flexibility index (Phi) is 4.96. The summed E-state index contributed by atoms with van der Waals surface area (Å²) in [5.74, 6) is -0.0632. The van der Waals surface area contributed by atoms with Crippen LogP contribution in [0.25, 0.3) is 0 Å². The van der Waals surface area contributed by atoms with Crippen LogP contribution in [-0.2, 0) is 16.1 Å². The van der Waals surface area contributed by atoms with Crippen LogP contribution in [-0.4, -0.2) is 35.9 Å². The fourth-order valence-corrected chi connectivity index (χ4v) is 1.50. The summed E-state index contributed by atoms with van der Waals surface area (Å²) in [4.78, 5) is 11.6. The van der Waals surface area contributed by atoms with Crippen LogP contribution in [0.3, 0.4) is 0 Å². The second-order valence-corrected chi connectivity index (χ2v) is 3.94. The van der Waals surface area contributed by atoms with E-state index in [1.54, 1.807) is 11.8 Å². The van der Waals surface area contributed by atoms with Crippen LogP contribution in [0, 0.1) is 13.8 Å². The van der Waals surface area contributed by atoms with Crippen molar-refractivity contribution in [1.82, 2.24) is 15.1 Å². The van der Waals surface area contributed by atoms with E-state index in [4.69, 9.17) is 10.5 Å². The number of aryl methyl sites for hydroxylation is 1. The summed E-state index contributed by atoms with van der Waals surface area (Å²) in [5, 5.41) is 7.00. The monoisotopic (exact) mass is 240 g/mol. The number of nitrogens with two attached hydrogens (primary N) is 1. The minimum atomic E-state index is -0.0632. The predicted octanol–water partition coefficient (Wildman–Crippen LogP) is 0.235. The Morgan fingerprint density at radius 3 is 2.76 bits per heavy atom. The van der Waals surface area contributed by atoms with Crippen molar-refractivity contribution in [2.75, 3.05) is 26.0 Å². The van der Waals surface area contributed by atoms with Gasteiger partial charge in [0.1, 0.15) is 6.54 Å². The minimum absolute atomic E-state index is 0.0632. The number of anilines is 1. The van der Waals surface area contributed by atoms with Crippen LogP contribution >= 0.6 is 0 Å². The SMILES string of the molecule is COCCCNC(=O)Cn1nc(C)c(N)c1C. The molecule has 0 saturated heterocycles. The quantitative estimate of drug-likeness (QED) is 0.698. The lowest BCUT2D eigenvalue weighted by Crippen LogP contribution is -2.29. The molecule has 1 amide bonds. The van der Waals surface area contributed by atoms with Crippen molar-refractivity contribution >= 4 is 11.6 Å². The molecule has 0 atom stereocenters. The van der Waals surface area contributed by atoms with E-state index in [-0.39, 0.29) is 12.5 Å². The maximum Gasteiger partial charge on any atom is 0.241 e. The van der Waals surface area contributed by atoms with E-state index < -0.39 is 0 Å². The van der Waals surface area contributed by atoms with Gasteiger partial charge in [-0.05, 0) is 20.3 Å². The summed E-state index contributed by atoms with van der Waals surface area (Å²) in [5.41, 5.74) is 8.02. The highest BCUT2D eigenvalue weighted by atomic mass is 16.5. The van der Waals surface area contributed by atoms with Gasteiger partial charge in [0.2, 0.25) is 5.91 Å². The third-order valence-corrected chi connectivity index (χ3v) is 2.58. The highest BCUT2D eigenvalue weighted by Crippen LogP contribution is 2.14. The summed E-state index contributed by atoms with van der Waals surface area (Å²) in [6, 6.07) is 0. The zero-order valence-corrected chi connectivity index (χ0v) is 10.6. The van der Waals surface area contributed by atoms with Gasteiger partial charge in [-0.2, -0.15) is 5.10 Å². The molecule has 1 aromatic heterocycles. The van der Waals surface area contributed by atoms with Crippen molar-refractivity contribution in [3.8, 4) is 0 Å². The Balaban J connectivity index is 2.42. The first-order valence-electron chi connectivity index (χ1n) is 5.61. The van der Waals surface area contributed by atoms with Crippen LogP contribution < -0.4 is 11.1 Å². The molecular weight excluding hydrogens is 220 g/mol. The Labute approximate surface area is 101 Å². The second-order valence-electron chi connectivity index (χ2n) is 3.94. The molecule has 0 bridgehead atoms. The van der Waals surface area contributed by atoms with Crippen LogP contribution in [0.15, 0.2) is 0 Å². The van der Waals surface area contributed by atoms with Gasteiger partial charge in [0, 0.05) is 20.3 Å². The van der Waals surface area contributed by atoms with Gasteiger partial charge < -0.3 is 15.8 Å². The van der Waals surface area contributed by atoms with E-state index in [0.29, 0.717) is 18.8 Å². The maximum atomic E-state index is 11.6. The fraction of sp³-hybridized carbons (Fsp3) is 0.636. The van der Waals surface area contributed by atoms with Crippen LogP contribution in [0.1, 0.15) is 17.8 Å². The molecule has 1 rings (SSSR count). The zero-order chi connectivity index (χ0) is 12.8. The first kappa shape index (κ1) is 13.5. The molecule has 3 N–H and O–H groups in total. The van der Waals surface area contributed by atoms with Crippen molar-refractivity contribution in [2.45, 2.75) is 26.8 Å². The largest absolute Gasteiger partial charge is 0.396 e. The molecule has 0 aromatic carbocycles. The second kappa shape index (κ2) is 6.24. The first-order chi connectivity index (χ1) is 8.06. The van der Waals surface area contributed by atoms with Crippen molar-refractivity contribution in [3.63, 3.8) is 0 Å². The number of rotatable bonds is 6. The number of nitrogens with one attached hydrogen (secondary N) is 1. The summed E-state index contributed by atoms with van der Waals surface area (Å²) in [6.07, 6.45) is 0.807. The number of carbonyl (C=O) groups is 1. The molecule has 0 aliphatic rings. The molecule has 0 radical (unpaired) electrons. The average Bonchev–Trinajstić information content (AvgIpc) is 2.53. The smallest absolute Gasteiger partial charge is 0.241 e. The average molecular weight is 240 g/mol. The zero-order valence-electron chi connectivity index (χ0n) is 10.6. The predicted molar refractivity (Wildman–Crippen MR) is 65.6 cm³/mol. The lowest BCUT2D eigenvalue weighted by Gasteiger charge is -2.06. The van der Waals surface area contributed by atoms with Crippen molar-refractivity contribution in [1.29, 1.82) is 0 Å². The minimum Gasteiger partial charge on any atom is -0.396 e. The molecule has 0 aliphatic carbocycles. The standard InChI is InChI=1S/C11H20N4O2/c1-8-11(12)9(2)15(14-8)7-10(16)13-5-4-6-17-3/h4-7,12H2,1-3H3,(H,13,16). The van der Waals surface area contributed by atoms with Gasteiger partial charge in [-0.3, -0.25) is 9.48 Å². The number of nitrogen functional groups attached to an aromatic ring is 1. The molecule has 1 aromatic rings. The van der Waals surface area contributed by atoms with E-state index in [0.717, 1.165) is 17.8 Å². The van der Waals surface area contributed by atoms with Crippen LogP contribution in [0.4, 0.5) is 5.69 Å². The van der Waals surface area contributed by atoms with Gasteiger partial charge >= 0.3 is 0 Å². The molecule has 0 saturated carbocycles. The lowest BCUT2D eigenvalue weighted by molar-refractivity contribution is -0.121. The van der Waals surface area contributed by atoms with Gasteiger partial charge in [-0.1, -0.05) is 0 Å². The van der Waals surface area contributed by atoms with E-state index in [9.17, 15) is 4.79 Å². The summed E-state index contributed by atoms with van der Waals surface area (Å²) in [6.45, 7) is 5.15. The topological polar surface area (TPSA) is 82.2 Å². The lowest BCUT2D eigenvalue weighted by atomic mass is 10.3. The first-order valence-corrected chi connectivity index (χ1v) is 5.61. The normalized spacial score (nSPS) is 10.5. The number of carbonyl (C=O) groups excluding carboxylic acids is 1. The fourth-order valence-electron chi connectivity index (χ4n) is 1.50. The van der Waals surface area contributed by atoms with E-state index in [2.05, 4.69) is 10.4 Å². The Hall–Kier alpha value is -1.56. The molecule has 0 fully saturated rings. The number of methoxy groups -OCH3 is 1. The number of amides is 1. The summed E-state index contributed by atoms with van der Waals surface area (Å²) >= 11 is 0. The summed E-state index contributed by atoms with van der Waals surface area (Å²) < 4.78 is 6.52. The van der Waals surface area contributed by atoms with Gasteiger partial charge in [-0.25, -0.2) is 0 Å². The molecule has 6 nitrogen and oxygen atoms in total. The molecule has 96 valence electrons. The molecule has 0 aliphatic heterocycles. The number of nitrogens with zero attached hydrogens (tertiary/aromatic N) is 2. The third-order valence-electron chi connectivity index (χ3n) is 2.58. The molecule has 1 heterocycles. The van der Waals surface area contributed by atoms with Crippen molar-refractivity contribution in [2.24, 2.45) is 0 Å². The molecule has 0 unspecified atom stereocenters. The number of ether oxygens (including phenoxy) is 1. The Morgan fingerprint density at radius 1 is 1.53 bits per heavy atom. The van der Waals surface area contributed by atoms with E-state index in [1.165, 1.54) is 0 Å². The Morgan fingerprint density at radius 2 is 2.24 bits per heavy atom. The molecule has 6 heteroatoms. The number of hydrogen-bond donors (Lipinski definition) is 2. The molecule has 0 spiro atoms. The van der Waals surface area contributed by atoms with E-state index >= 15 is 0 Å². The molecule has 17 heavy (non-hydrogen) atoms.